The maximum Gasteiger partial charge on any atom is 0.281 e. The molecule has 0 aliphatic heterocycles. The standard InChI is InChI=1S/C6H8.3CO.Ru/c1-2-4-6-5-3-1;3*1-2;/h1-2,5-6H,3-4H2;;;;. The summed E-state index contributed by atoms with van der Waals surface area (Å²) in [6.45, 7) is 13.5. The molecule has 0 fully saturated rings. The van der Waals surface area contributed by atoms with Gasteiger partial charge in [-0.3, -0.25) is 14.4 Å². The molecule has 1 aliphatic carbocycles. The summed E-state index contributed by atoms with van der Waals surface area (Å²) in [5.74, 6) is 0. The summed E-state index contributed by atoms with van der Waals surface area (Å²) in [5, 5.41) is 0. The van der Waals surface area contributed by atoms with Crippen LogP contribution in [0.5, 0.6) is 0 Å². The van der Waals surface area contributed by atoms with Gasteiger partial charge in [-0.25, -0.2) is 0 Å². The fraction of sp³-hybridized carbons (Fsp3) is 0.222. The third-order valence-electron chi connectivity index (χ3n) is 0.878. The van der Waals surface area contributed by atoms with Crippen molar-refractivity contribution in [3.8, 4) is 0 Å². The van der Waals surface area contributed by atoms with E-state index in [4.69, 9.17) is 14.4 Å². The molecule has 3 nitrogen and oxygen atoms in total. The van der Waals surface area contributed by atoms with Gasteiger partial charge in [-0.05, 0) is 12.8 Å². The van der Waals surface area contributed by atoms with Crippen molar-refractivity contribution in [2.24, 2.45) is 0 Å². The molecule has 0 bridgehead atoms. The third-order valence-corrected chi connectivity index (χ3v) is 0.878. The second kappa shape index (κ2) is 43.5. The summed E-state index contributed by atoms with van der Waals surface area (Å²) in [6, 6.07) is 0. The molecule has 0 aromatic rings. The number of hydrogen-bond donors (Lipinski definition) is 0. The first-order chi connectivity index (χ1) is 6.00. The fourth-order valence-electron chi connectivity index (χ4n) is 0.542. The van der Waals surface area contributed by atoms with Crippen LogP contribution in [0.1, 0.15) is 12.8 Å². The molecule has 0 saturated heterocycles. The molecule has 0 N–H and O–H groups in total. The Labute approximate surface area is 91.7 Å². The molecule has 0 unspecified atom stereocenters. The zero-order valence-electron chi connectivity index (χ0n) is 6.80. The predicted molar refractivity (Wildman–Crippen MR) is 44.6 cm³/mol. The van der Waals surface area contributed by atoms with Gasteiger partial charge in [0.25, 0.3) is 20.4 Å². The summed E-state index contributed by atoms with van der Waals surface area (Å²) >= 11 is 0. The molecular weight excluding hydrogens is 257 g/mol. The van der Waals surface area contributed by atoms with Crippen molar-refractivity contribution in [3.05, 3.63) is 24.3 Å². The Morgan fingerprint density at radius 3 is 0.846 bits per heavy atom. The smallest absolute Gasteiger partial charge is 0.281 e. The van der Waals surface area contributed by atoms with Gasteiger partial charge in [-0.2, -0.15) is 0 Å². The average molecular weight is 265 g/mol. The summed E-state index contributed by atoms with van der Waals surface area (Å²) in [5.41, 5.74) is 0. The molecule has 0 amide bonds. The quantitative estimate of drug-likeness (QED) is 0.478. The van der Waals surface area contributed by atoms with Crippen molar-refractivity contribution in [2.75, 3.05) is 0 Å². The van der Waals surface area contributed by atoms with E-state index >= 15 is 0 Å². The summed E-state index contributed by atoms with van der Waals surface area (Å²) in [6.07, 6.45) is 11.0. The van der Waals surface area contributed by atoms with Gasteiger partial charge in [-0.15, -0.1) is 0 Å². The normalized spacial score (nSPS) is 9.54. The van der Waals surface area contributed by atoms with E-state index in [-0.39, 0.29) is 19.5 Å². The number of hydrogen-bond acceptors (Lipinski definition) is 3. The van der Waals surface area contributed by atoms with Crippen LogP contribution in [0.15, 0.2) is 24.3 Å². The molecule has 6 radical (unpaired) electrons. The van der Waals surface area contributed by atoms with Crippen LogP contribution < -0.4 is 0 Å². The van der Waals surface area contributed by atoms with Gasteiger partial charge >= 0.3 is 0 Å². The van der Waals surface area contributed by atoms with Crippen LogP contribution >= 0.6 is 0 Å². The maximum atomic E-state index is 7.50. The maximum absolute atomic E-state index is 7.50. The van der Waals surface area contributed by atoms with E-state index in [0.29, 0.717) is 0 Å². The third kappa shape index (κ3) is 35.3. The minimum Gasteiger partial charge on any atom is -0.281 e. The Morgan fingerprint density at radius 1 is 0.615 bits per heavy atom. The van der Waals surface area contributed by atoms with Crippen LogP contribution in [0.3, 0.4) is 0 Å². The van der Waals surface area contributed by atoms with Gasteiger partial charge in [0.05, 0.1) is 0 Å². The minimum atomic E-state index is 0. The second-order valence-corrected chi connectivity index (χ2v) is 1.41. The van der Waals surface area contributed by atoms with Gasteiger partial charge in [-0.1, -0.05) is 24.3 Å². The molecule has 0 saturated carbocycles. The first-order valence-electron chi connectivity index (χ1n) is 2.91. The van der Waals surface area contributed by atoms with Gasteiger partial charge < -0.3 is 0 Å². The van der Waals surface area contributed by atoms with Gasteiger partial charge in [0.1, 0.15) is 0 Å². The van der Waals surface area contributed by atoms with Crippen molar-refractivity contribution >= 4 is 20.4 Å². The summed E-state index contributed by atoms with van der Waals surface area (Å²) in [4.78, 5) is 22.5. The van der Waals surface area contributed by atoms with Crippen LogP contribution in [0.2, 0.25) is 0 Å². The Kier molecular flexibility index (Phi) is 76.0. The topological polar surface area (TPSA) is 51.2 Å². The second-order valence-electron chi connectivity index (χ2n) is 1.41. The molecule has 70 valence electrons. The minimum absolute atomic E-state index is 0. The van der Waals surface area contributed by atoms with Crippen LogP contribution in [0.25, 0.3) is 0 Å². The molecule has 0 heterocycles. The molecule has 0 aromatic heterocycles. The van der Waals surface area contributed by atoms with Crippen LogP contribution in [-0.4, -0.2) is 20.4 Å². The fourth-order valence-corrected chi connectivity index (χ4v) is 0.542. The number of carbonyl (C=O) groups excluding carboxylic acids is 3. The SMILES string of the molecule is C1=CCC=CC1.[C]=O.[C]=O.[C]=O.[Ru]. The van der Waals surface area contributed by atoms with Crippen LogP contribution in [-0.2, 0) is 33.9 Å². The van der Waals surface area contributed by atoms with Gasteiger partial charge in [0.2, 0.25) is 0 Å². The summed E-state index contributed by atoms with van der Waals surface area (Å²) in [7, 11) is 0. The largest absolute Gasteiger partial charge is 0.281 e. The van der Waals surface area contributed by atoms with Crippen molar-refractivity contribution in [3.63, 3.8) is 0 Å². The first-order valence-corrected chi connectivity index (χ1v) is 2.91. The van der Waals surface area contributed by atoms with Crippen LogP contribution in [0.4, 0.5) is 0 Å². The Hall–Kier alpha value is -0.887. The van der Waals surface area contributed by atoms with E-state index in [1.807, 2.05) is 0 Å². The van der Waals surface area contributed by atoms with E-state index < -0.39 is 0 Å². The number of rotatable bonds is 0. The van der Waals surface area contributed by atoms with Crippen molar-refractivity contribution < 1.29 is 33.9 Å². The zero-order valence-corrected chi connectivity index (χ0v) is 8.54. The first kappa shape index (κ1) is 22.7. The van der Waals surface area contributed by atoms with Gasteiger partial charge in [0, 0.05) is 19.5 Å². The Bertz CT molecular complexity index is 99.3. The average Bonchev–Trinajstić information content (AvgIpc) is 2.29. The van der Waals surface area contributed by atoms with E-state index in [2.05, 4.69) is 44.7 Å². The van der Waals surface area contributed by atoms with E-state index in [0.717, 1.165) is 12.8 Å². The molecule has 4 heteroatoms. The van der Waals surface area contributed by atoms with Gasteiger partial charge in [0.15, 0.2) is 0 Å². The van der Waals surface area contributed by atoms with E-state index in [1.165, 1.54) is 0 Å². The molecule has 0 aromatic carbocycles. The monoisotopic (exact) mass is 266 g/mol. The Morgan fingerprint density at radius 2 is 0.769 bits per heavy atom. The van der Waals surface area contributed by atoms with Crippen molar-refractivity contribution in [2.45, 2.75) is 12.8 Å². The predicted octanol–water partition coefficient (Wildman–Crippen LogP) is 0.699. The number of allylic oxidation sites excluding steroid dienone is 4. The molecule has 1 rings (SSSR count). The molecule has 0 atom stereocenters. The van der Waals surface area contributed by atoms with Crippen LogP contribution in [0, 0.1) is 0 Å². The zero-order chi connectivity index (χ0) is 10.2. The van der Waals surface area contributed by atoms with Crippen molar-refractivity contribution in [1.82, 2.24) is 0 Å². The van der Waals surface area contributed by atoms with E-state index in [9.17, 15) is 0 Å². The Balaban J connectivity index is -0.0000000508. The molecular formula is C9H8O3Ru. The van der Waals surface area contributed by atoms with Crippen molar-refractivity contribution in [1.29, 1.82) is 0 Å². The van der Waals surface area contributed by atoms with E-state index in [1.54, 1.807) is 0 Å². The molecule has 1 aliphatic rings. The summed E-state index contributed by atoms with van der Waals surface area (Å²) < 4.78 is 0. The molecule has 13 heavy (non-hydrogen) atoms. The molecule has 0 spiro atoms.